The lowest BCUT2D eigenvalue weighted by Crippen LogP contribution is -2.24. The molecular formula is C30H28FN5O4. The van der Waals surface area contributed by atoms with Gasteiger partial charge in [-0.15, -0.1) is 5.10 Å². The van der Waals surface area contributed by atoms with E-state index in [1.807, 2.05) is 69.3 Å². The fourth-order valence-electron chi connectivity index (χ4n) is 4.22. The largest absolute Gasteiger partial charge is 0.496 e. The van der Waals surface area contributed by atoms with Crippen LogP contribution in [0.3, 0.4) is 0 Å². The summed E-state index contributed by atoms with van der Waals surface area (Å²) in [6.45, 7) is 5.52. The molecule has 0 saturated carbocycles. The molecule has 0 bridgehead atoms. The fourth-order valence-corrected chi connectivity index (χ4v) is 4.22. The average Bonchev–Trinajstić information content (AvgIpc) is 3.59. The SMILES string of the molecule is COc1cc(CCC(=O)OC(C)(C)C)ccc1-c1noc(-c2nnn(-c3ccccc3F)c2-c2ccccc2)n1. The van der Waals surface area contributed by atoms with E-state index in [2.05, 4.69) is 20.5 Å². The Morgan fingerprint density at radius 1 is 1.02 bits per heavy atom. The van der Waals surface area contributed by atoms with Crippen LogP contribution >= 0.6 is 0 Å². The molecule has 5 rings (SSSR count). The maximum atomic E-state index is 14.7. The molecule has 204 valence electrons. The third-order valence-electron chi connectivity index (χ3n) is 5.97. The van der Waals surface area contributed by atoms with Gasteiger partial charge in [0.1, 0.15) is 28.5 Å². The monoisotopic (exact) mass is 541 g/mol. The number of para-hydroxylation sites is 1. The molecular weight excluding hydrogens is 513 g/mol. The second kappa shape index (κ2) is 11.1. The summed E-state index contributed by atoms with van der Waals surface area (Å²) in [4.78, 5) is 16.7. The predicted octanol–water partition coefficient (Wildman–Crippen LogP) is 6.07. The van der Waals surface area contributed by atoms with E-state index in [1.165, 1.54) is 10.7 Å². The van der Waals surface area contributed by atoms with Gasteiger partial charge in [0.05, 0.1) is 12.7 Å². The summed E-state index contributed by atoms with van der Waals surface area (Å²) in [7, 11) is 1.55. The minimum Gasteiger partial charge on any atom is -0.496 e. The highest BCUT2D eigenvalue weighted by Crippen LogP contribution is 2.35. The number of esters is 1. The number of hydrogen-bond donors (Lipinski definition) is 0. The number of methoxy groups -OCH3 is 1. The zero-order valence-corrected chi connectivity index (χ0v) is 22.6. The Bertz CT molecular complexity index is 1640. The molecule has 2 aromatic heterocycles. The van der Waals surface area contributed by atoms with Crippen molar-refractivity contribution in [2.45, 2.75) is 39.2 Å². The minimum absolute atomic E-state index is 0.118. The van der Waals surface area contributed by atoms with Crippen LogP contribution in [0.5, 0.6) is 5.75 Å². The number of aryl methyl sites for hydroxylation is 1. The van der Waals surface area contributed by atoms with E-state index in [4.69, 9.17) is 14.0 Å². The smallest absolute Gasteiger partial charge is 0.306 e. The number of rotatable bonds is 8. The van der Waals surface area contributed by atoms with Gasteiger partial charge in [-0.25, -0.2) is 9.07 Å². The van der Waals surface area contributed by atoms with Gasteiger partial charge in [0.15, 0.2) is 5.69 Å². The van der Waals surface area contributed by atoms with Gasteiger partial charge < -0.3 is 14.0 Å². The normalized spacial score (nSPS) is 11.4. The fraction of sp³-hybridized carbons (Fsp3) is 0.233. The Morgan fingerprint density at radius 2 is 1.77 bits per heavy atom. The number of aromatic nitrogens is 5. The van der Waals surface area contributed by atoms with Crippen LogP contribution in [0.2, 0.25) is 0 Å². The Hall–Kier alpha value is -4.86. The summed E-state index contributed by atoms with van der Waals surface area (Å²) >= 11 is 0. The average molecular weight is 542 g/mol. The van der Waals surface area contributed by atoms with Crippen molar-refractivity contribution in [2.75, 3.05) is 7.11 Å². The second-order valence-electron chi connectivity index (χ2n) is 10.1. The molecule has 0 spiro atoms. The van der Waals surface area contributed by atoms with Gasteiger partial charge in [-0.3, -0.25) is 4.79 Å². The Kier molecular flexibility index (Phi) is 7.41. The van der Waals surface area contributed by atoms with Crippen molar-refractivity contribution < 1.29 is 23.2 Å². The molecule has 5 aromatic rings. The predicted molar refractivity (Wildman–Crippen MR) is 146 cm³/mol. The van der Waals surface area contributed by atoms with E-state index in [0.717, 1.165) is 11.1 Å². The number of carbonyl (C=O) groups is 1. The maximum Gasteiger partial charge on any atom is 0.306 e. The summed E-state index contributed by atoms with van der Waals surface area (Å²) in [5.74, 6) is 0.208. The zero-order chi connectivity index (χ0) is 28.3. The Morgan fingerprint density at radius 3 is 2.50 bits per heavy atom. The number of carbonyl (C=O) groups excluding carboxylic acids is 1. The number of hydrogen-bond acceptors (Lipinski definition) is 8. The van der Waals surface area contributed by atoms with E-state index in [1.54, 1.807) is 25.3 Å². The molecule has 0 radical (unpaired) electrons. The topological polar surface area (TPSA) is 105 Å². The van der Waals surface area contributed by atoms with Crippen LogP contribution in [0, 0.1) is 5.82 Å². The van der Waals surface area contributed by atoms with Crippen LogP contribution in [0.15, 0.2) is 77.3 Å². The third-order valence-corrected chi connectivity index (χ3v) is 5.97. The van der Waals surface area contributed by atoms with Gasteiger partial charge in [0.2, 0.25) is 5.82 Å². The van der Waals surface area contributed by atoms with E-state index < -0.39 is 11.4 Å². The third kappa shape index (κ3) is 5.75. The van der Waals surface area contributed by atoms with E-state index in [0.29, 0.717) is 29.1 Å². The first-order valence-corrected chi connectivity index (χ1v) is 12.7. The molecule has 0 atom stereocenters. The zero-order valence-electron chi connectivity index (χ0n) is 22.6. The van der Waals surface area contributed by atoms with Crippen LogP contribution in [-0.2, 0) is 16.0 Å². The van der Waals surface area contributed by atoms with Crippen molar-refractivity contribution in [3.63, 3.8) is 0 Å². The first-order chi connectivity index (χ1) is 19.2. The van der Waals surface area contributed by atoms with Gasteiger partial charge in [-0.2, -0.15) is 4.98 Å². The summed E-state index contributed by atoms with van der Waals surface area (Å²) in [5.41, 5.74) is 2.76. The highest BCUT2D eigenvalue weighted by molar-refractivity contribution is 5.76. The van der Waals surface area contributed by atoms with E-state index in [9.17, 15) is 9.18 Å². The lowest BCUT2D eigenvalue weighted by molar-refractivity contribution is -0.154. The summed E-state index contributed by atoms with van der Waals surface area (Å²) in [6.07, 6.45) is 0.731. The van der Waals surface area contributed by atoms with Gasteiger partial charge >= 0.3 is 5.97 Å². The molecule has 9 nitrogen and oxygen atoms in total. The standard InChI is InChI=1S/C30H28FN5O4/c1-30(2,3)39-25(37)17-15-19-14-16-21(24(18-19)38-4)28-32-29(40-34-28)26-27(20-10-6-5-7-11-20)36(35-33-26)23-13-9-8-12-22(23)31/h5-14,16,18H,15,17H2,1-4H3. The molecule has 3 aromatic carbocycles. The van der Waals surface area contributed by atoms with Gasteiger partial charge in [0.25, 0.3) is 5.89 Å². The highest BCUT2D eigenvalue weighted by atomic mass is 19.1. The summed E-state index contributed by atoms with van der Waals surface area (Å²) in [6, 6.07) is 21.2. The lowest BCUT2D eigenvalue weighted by Gasteiger charge is -2.19. The molecule has 0 aliphatic rings. The van der Waals surface area contributed by atoms with Crippen LogP contribution in [0.25, 0.3) is 39.9 Å². The van der Waals surface area contributed by atoms with Crippen LogP contribution in [0.4, 0.5) is 4.39 Å². The quantitative estimate of drug-likeness (QED) is 0.218. The molecule has 10 heteroatoms. The number of benzene rings is 3. The van der Waals surface area contributed by atoms with Crippen molar-refractivity contribution in [1.29, 1.82) is 0 Å². The van der Waals surface area contributed by atoms with Gasteiger partial charge in [0, 0.05) is 12.0 Å². The maximum absolute atomic E-state index is 14.7. The summed E-state index contributed by atoms with van der Waals surface area (Å²) in [5, 5.41) is 12.7. The highest BCUT2D eigenvalue weighted by Gasteiger charge is 2.25. The molecule has 0 amide bonds. The Balaban J connectivity index is 1.47. The molecule has 0 N–H and O–H groups in total. The first-order valence-electron chi connectivity index (χ1n) is 12.7. The number of halogens is 1. The van der Waals surface area contributed by atoms with Crippen molar-refractivity contribution >= 4 is 5.97 Å². The molecule has 40 heavy (non-hydrogen) atoms. The van der Waals surface area contributed by atoms with Crippen LogP contribution < -0.4 is 4.74 Å². The number of nitrogens with zero attached hydrogens (tertiary/aromatic N) is 5. The van der Waals surface area contributed by atoms with Gasteiger partial charge in [-0.1, -0.05) is 58.9 Å². The van der Waals surface area contributed by atoms with Crippen LogP contribution in [0.1, 0.15) is 32.8 Å². The van der Waals surface area contributed by atoms with Crippen molar-refractivity contribution in [2.24, 2.45) is 0 Å². The van der Waals surface area contributed by atoms with Crippen molar-refractivity contribution in [3.8, 4) is 45.7 Å². The van der Waals surface area contributed by atoms with Crippen LogP contribution in [-0.4, -0.2) is 43.8 Å². The molecule has 2 heterocycles. The Labute approximate surface area is 230 Å². The number of ether oxygens (including phenoxy) is 2. The van der Waals surface area contributed by atoms with Crippen molar-refractivity contribution in [3.05, 3.63) is 84.2 Å². The molecule has 0 unspecified atom stereocenters. The lowest BCUT2D eigenvalue weighted by atomic mass is 10.1. The van der Waals surface area contributed by atoms with Crippen molar-refractivity contribution in [1.82, 2.24) is 25.1 Å². The second-order valence-corrected chi connectivity index (χ2v) is 10.1. The van der Waals surface area contributed by atoms with E-state index in [-0.39, 0.29) is 29.8 Å². The molecule has 0 saturated heterocycles. The molecule has 0 fully saturated rings. The first kappa shape index (κ1) is 26.7. The summed E-state index contributed by atoms with van der Waals surface area (Å²) < 4.78 is 32.7. The minimum atomic E-state index is -0.532. The molecule has 0 aliphatic carbocycles. The van der Waals surface area contributed by atoms with E-state index >= 15 is 0 Å². The van der Waals surface area contributed by atoms with Gasteiger partial charge in [-0.05, 0) is 57.0 Å². The molecule has 0 aliphatic heterocycles.